The molecular formula is C15H15NO5. The van der Waals surface area contributed by atoms with Crippen molar-refractivity contribution in [3.05, 3.63) is 53.0 Å². The van der Waals surface area contributed by atoms with Gasteiger partial charge < -0.3 is 19.6 Å². The van der Waals surface area contributed by atoms with Crippen molar-refractivity contribution in [2.24, 2.45) is 0 Å². The fourth-order valence-electron chi connectivity index (χ4n) is 1.88. The predicted octanol–water partition coefficient (Wildman–Crippen LogP) is 2.68. The highest BCUT2D eigenvalue weighted by molar-refractivity contribution is 5.89. The van der Waals surface area contributed by atoms with Gasteiger partial charge in [-0.15, -0.1) is 0 Å². The van der Waals surface area contributed by atoms with Crippen LogP contribution in [-0.2, 0) is 11.3 Å². The summed E-state index contributed by atoms with van der Waals surface area (Å²) in [6.45, 7) is 2.20. The maximum Gasteiger partial charge on any atom is 0.341 e. The number of nitrogens with one attached hydrogen (secondary N) is 1. The number of carboxylic acid groups (broad SMARTS) is 1. The highest BCUT2D eigenvalue weighted by atomic mass is 16.5. The fraction of sp³-hybridized carbons (Fsp3) is 0.200. The Labute approximate surface area is 121 Å². The highest BCUT2D eigenvalue weighted by Crippen LogP contribution is 2.18. The van der Waals surface area contributed by atoms with E-state index >= 15 is 0 Å². The molecule has 2 aromatic rings. The number of furan rings is 1. The molecule has 0 saturated carbocycles. The number of hydrogen-bond donors (Lipinski definition) is 2. The number of ether oxygens (including phenoxy) is 1. The number of carbonyl (C=O) groups is 2. The van der Waals surface area contributed by atoms with Crippen LogP contribution in [0.2, 0.25) is 0 Å². The smallest absolute Gasteiger partial charge is 0.341 e. The van der Waals surface area contributed by atoms with Crippen LogP contribution in [0.4, 0.5) is 5.69 Å². The van der Waals surface area contributed by atoms with Gasteiger partial charge in [-0.2, -0.15) is 0 Å². The molecule has 110 valence electrons. The summed E-state index contributed by atoms with van der Waals surface area (Å²) in [5.41, 5.74) is 2.21. The van der Waals surface area contributed by atoms with Crippen molar-refractivity contribution in [1.82, 2.24) is 0 Å². The van der Waals surface area contributed by atoms with Crippen LogP contribution in [0.1, 0.15) is 32.0 Å². The Morgan fingerprint density at radius 1 is 1.29 bits per heavy atom. The number of rotatable bonds is 5. The first-order chi connectivity index (χ1) is 10.0. The molecule has 2 rings (SSSR count). The lowest BCUT2D eigenvalue weighted by molar-refractivity contribution is 0.0599. The lowest BCUT2D eigenvalue weighted by Gasteiger charge is -2.08. The second-order valence-corrected chi connectivity index (χ2v) is 4.48. The number of anilines is 1. The predicted molar refractivity (Wildman–Crippen MR) is 75.5 cm³/mol. The molecule has 0 saturated heterocycles. The van der Waals surface area contributed by atoms with Crippen LogP contribution in [0.15, 0.2) is 34.9 Å². The van der Waals surface area contributed by atoms with E-state index in [2.05, 4.69) is 10.1 Å². The third-order valence-electron chi connectivity index (χ3n) is 3.00. The summed E-state index contributed by atoms with van der Waals surface area (Å²) < 4.78 is 9.85. The number of hydrogen-bond acceptors (Lipinski definition) is 5. The molecule has 0 amide bonds. The average molecular weight is 289 g/mol. The molecule has 0 bridgehead atoms. The second-order valence-electron chi connectivity index (χ2n) is 4.48. The van der Waals surface area contributed by atoms with Gasteiger partial charge in [0.2, 0.25) is 0 Å². The van der Waals surface area contributed by atoms with Crippen molar-refractivity contribution in [2.75, 3.05) is 12.4 Å². The van der Waals surface area contributed by atoms with E-state index in [1.807, 2.05) is 6.92 Å². The molecule has 6 nitrogen and oxygen atoms in total. The standard InChI is InChI=1S/C15H15NO5/c1-9-5-10(14(17)18)3-4-13(9)16-7-12-6-11(8-21-12)15(19)20-2/h3-6,8,16H,7H2,1-2H3,(H,17,18). The van der Waals surface area contributed by atoms with Crippen LogP contribution < -0.4 is 5.32 Å². The van der Waals surface area contributed by atoms with Crippen LogP contribution in [0, 0.1) is 6.92 Å². The summed E-state index contributed by atoms with van der Waals surface area (Å²) in [6.07, 6.45) is 1.34. The Bertz CT molecular complexity index is 674. The molecule has 21 heavy (non-hydrogen) atoms. The van der Waals surface area contributed by atoms with E-state index in [1.165, 1.54) is 19.4 Å². The van der Waals surface area contributed by atoms with Crippen LogP contribution in [0.3, 0.4) is 0 Å². The van der Waals surface area contributed by atoms with E-state index in [0.717, 1.165) is 11.3 Å². The molecule has 0 fully saturated rings. The molecule has 0 radical (unpaired) electrons. The summed E-state index contributed by atoms with van der Waals surface area (Å²) in [5, 5.41) is 12.0. The third kappa shape index (κ3) is 3.42. The normalized spacial score (nSPS) is 10.2. The number of aromatic carboxylic acids is 1. The Morgan fingerprint density at radius 3 is 2.67 bits per heavy atom. The molecule has 0 aliphatic rings. The summed E-state index contributed by atoms with van der Waals surface area (Å²) in [4.78, 5) is 22.2. The Balaban J connectivity index is 2.04. The first kappa shape index (κ1) is 14.6. The average Bonchev–Trinajstić information content (AvgIpc) is 2.93. The van der Waals surface area contributed by atoms with Gasteiger partial charge >= 0.3 is 11.9 Å². The summed E-state index contributed by atoms with van der Waals surface area (Å²) in [7, 11) is 1.31. The molecular weight excluding hydrogens is 274 g/mol. The van der Waals surface area contributed by atoms with Crippen molar-refractivity contribution in [3.63, 3.8) is 0 Å². The van der Waals surface area contributed by atoms with Gasteiger partial charge in [-0.25, -0.2) is 9.59 Å². The minimum Gasteiger partial charge on any atom is -0.478 e. The van der Waals surface area contributed by atoms with E-state index in [9.17, 15) is 9.59 Å². The fourth-order valence-corrected chi connectivity index (χ4v) is 1.88. The number of carboxylic acids is 1. The monoisotopic (exact) mass is 289 g/mol. The molecule has 1 aromatic carbocycles. The van der Waals surface area contributed by atoms with Gasteiger partial charge in [0, 0.05) is 5.69 Å². The van der Waals surface area contributed by atoms with Gasteiger partial charge in [0.15, 0.2) is 0 Å². The van der Waals surface area contributed by atoms with Crippen molar-refractivity contribution >= 4 is 17.6 Å². The van der Waals surface area contributed by atoms with Gasteiger partial charge in [-0.05, 0) is 36.8 Å². The first-order valence-corrected chi connectivity index (χ1v) is 6.25. The number of aryl methyl sites for hydroxylation is 1. The minimum atomic E-state index is -0.960. The summed E-state index contributed by atoms with van der Waals surface area (Å²) in [6, 6.07) is 6.41. The van der Waals surface area contributed by atoms with E-state index < -0.39 is 11.9 Å². The van der Waals surface area contributed by atoms with Crippen LogP contribution >= 0.6 is 0 Å². The zero-order chi connectivity index (χ0) is 15.4. The van der Waals surface area contributed by atoms with E-state index in [0.29, 0.717) is 17.9 Å². The molecule has 0 spiro atoms. The Morgan fingerprint density at radius 2 is 2.05 bits per heavy atom. The zero-order valence-corrected chi connectivity index (χ0v) is 11.7. The Kier molecular flexibility index (Phi) is 4.27. The van der Waals surface area contributed by atoms with Crippen molar-refractivity contribution in [2.45, 2.75) is 13.5 Å². The van der Waals surface area contributed by atoms with E-state index in [1.54, 1.807) is 18.2 Å². The molecule has 2 N–H and O–H groups in total. The minimum absolute atomic E-state index is 0.240. The van der Waals surface area contributed by atoms with Crippen LogP contribution in [-0.4, -0.2) is 24.2 Å². The molecule has 0 aliphatic carbocycles. The lowest BCUT2D eigenvalue weighted by Crippen LogP contribution is -2.03. The SMILES string of the molecule is COC(=O)c1coc(CNc2ccc(C(=O)O)cc2C)c1. The van der Waals surface area contributed by atoms with Crippen LogP contribution in [0.25, 0.3) is 0 Å². The molecule has 0 unspecified atom stereocenters. The highest BCUT2D eigenvalue weighted by Gasteiger charge is 2.10. The molecule has 0 aliphatic heterocycles. The van der Waals surface area contributed by atoms with Crippen molar-refractivity contribution in [3.8, 4) is 0 Å². The van der Waals surface area contributed by atoms with Gasteiger partial charge in [0.25, 0.3) is 0 Å². The molecule has 1 aromatic heterocycles. The number of carbonyl (C=O) groups excluding carboxylic acids is 1. The van der Waals surface area contributed by atoms with Gasteiger partial charge in [-0.3, -0.25) is 0 Å². The third-order valence-corrected chi connectivity index (χ3v) is 3.00. The molecule has 6 heteroatoms. The Hall–Kier alpha value is -2.76. The van der Waals surface area contributed by atoms with Crippen molar-refractivity contribution in [1.29, 1.82) is 0 Å². The molecule has 0 atom stereocenters. The lowest BCUT2D eigenvalue weighted by atomic mass is 10.1. The number of esters is 1. The largest absolute Gasteiger partial charge is 0.478 e. The van der Waals surface area contributed by atoms with E-state index in [-0.39, 0.29) is 5.56 Å². The topological polar surface area (TPSA) is 88.8 Å². The van der Waals surface area contributed by atoms with Gasteiger partial charge in [0.1, 0.15) is 12.0 Å². The maximum atomic E-state index is 11.3. The quantitative estimate of drug-likeness (QED) is 0.823. The van der Waals surface area contributed by atoms with Gasteiger partial charge in [0.05, 0.1) is 24.8 Å². The van der Waals surface area contributed by atoms with Crippen LogP contribution in [0.5, 0.6) is 0 Å². The maximum absolute atomic E-state index is 11.3. The summed E-state index contributed by atoms with van der Waals surface area (Å²) >= 11 is 0. The molecule has 1 heterocycles. The first-order valence-electron chi connectivity index (χ1n) is 6.25. The zero-order valence-electron chi connectivity index (χ0n) is 11.7. The summed E-state index contributed by atoms with van der Waals surface area (Å²) in [5.74, 6) is -0.831. The van der Waals surface area contributed by atoms with Crippen molar-refractivity contribution < 1.29 is 23.8 Å². The number of benzene rings is 1. The van der Waals surface area contributed by atoms with E-state index in [4.69, 9.17) is 9.52 Å². The second kappa shape index (κ2) is 6.13. The number of methoxy groups -OCH3 is 1. The van der Waals surface area contributed by atoms with Gasteiger partial charge in [-0.1, -0.05) is 0 Å².